The number of carbonyl (C=O) groups is 1. The maximum Gasteiger partial charge on any atom is 0.223 e. The van der Waals surface area contributed by atoms with Crippen LogP contribution >= 0.6 is 24.0 Å². The molecule has 0 spiro atoms. The third kappa shape index (κ3) is 7.24. The van der Waals surface area contributed by atoms with Crippen molar-refractivity contribution in [3.05, 3.63) is 23.8 Å². The summed E-state index contributed by atoms with van der Waals surface area (Å²) in [4.78, 5) is 17.2. The van der Waals surface area contributed by atoms with Crippen LogP contribution < -0.4 is 20.1 Å². The van der Waals surface area contributed by atoms with Gasteiger partial charge in [-0.2, -0.15) is 0 Å². The number of rotatable bonds is 7. The fraction of sp³-hybridized carbons (Fsp3) is 0.500. The highest BCUT2D eigenvalue weighted by Gasteiger charge is 2.07. The summed E-state index contributed by atoms with van der Waals surface area (Å²) in [6, 6.07) is 5.65. The second kappa shape index (κ2) is 11.8. The van der Waals surface area contributed by atoms with Crippen molar-refractivity contribution in [2.45, 2.75) is 13.0 Å². The lowest BCUT2D eigenvalue weighted by Gasteiger charge is -2.15. The molecule has 7 nitrogen and oxygen atoms in total. The molecule has 0 aliphatic rings. The van der Waals surface area contributed by atoms with Crippen LogP contribution in [0.1, 0.15) is 12.0 Å². The largest absolute Gasteiger partial charge is 0.497 e. The Labute approximate surface area is 160 Å². The summed E-state index contributed by atoms with van der Waals surface area (Å²) in [5, 5.41) is 6.31. The SMILES string of the molecule is CN=C(NCCC(=O)N(C)C)NCc1ccc(OC)cc1OC.I. The fourth-order valence-electron chi connectivity index (χ4n) is 1.91. The van der Waals surface area contributed by atoms with Crippen LogP contribution in [0.3, 0.4) is 0 Å². The van der Waals surface area contributed by atoms with Gasteiger partial charge < -0.3 is 25.0 Å². The topological polar surface area (TPSA) is 75.2 Å². The monoisotopic (exact) mass is 450 g/mol. The van der Waals surface area contributed by atoms with Gasteiger partial charge in [0.15, 0.2) is 5.96 Å². The summed E-state index contributed by atoms with van der Waals surface area (Å²) in [5.41, 5.74) is 0.987. The molecule has 2 N–H and O–H groups in total. The molecule has 0 fully saturated rings. The zero-order valence-corrected chi connectivity index (χ0v) is 17.2. The van der Waals surface area contributed by atoms with Gasteiger partial charge in [-0.15, -0.1) is 24.0 Å². The van der Waals surface area contributed by atoms with Gasteiger partial charge >= 0.3 is 0 Å². The second-order valence-corrected chi connectivity index (χ2v) is 5.07. The zero-order chi connectivity index (χ0) is 17.2. The molecular weight excluding hydrogens is 423 g/mol. The van der Waals surface area contributed by atoms with Crippen LogP contribution in [0.2, 0.25) is 0 Å². The zero-order valence-electron chi connectivity index (χ0n) is 14.9. The number of nitrogens with zero attached hydrogens (tertiary/aromatic N) is 2. The van der Waals surface area contributed by atoms with E-state index in [4.69, 9.17) is 9.47 Å². The van der Waals surface area contributed by atoms with E-state index in [1.54, 1.807) is 40.3 Å². The molecule has 1 aromatic carbocycles. The van der Waals surface area contributed by atoms with Crippen molar-refractivity contribution in [2.24, 2.45) is 4.99 Å². The van der Waals surface area contributed by atoms with Crippen molar-refractivity contribution < 1.29 is 14.3 Å². The van der Waals surface area contributed by atoms with Crippen molar-refractivity contribution in [1.82, 2.24) is 15.5 Å². The first-order valence-corrected chi connectivity index (χ1v) is 7.37. The minimum Gasteiger partial charge on any atom is -0.497 e. The molecule has 1 amide bonds. The van der Waals surface area contributed by atoms with E-state index in [1.165, 1.54) is 0 Å². The number of guanidine groups is 1. The second-order valence-electron chi connectivity index (χ2n) is 5.07. The highest BCUT2D eigenvalue weighted by atomic mass is 127. The third-order valence-electron chi connectivity index (χ3n) is 3.29. The Bertz CT molecular complexity index is 550. The van der Waals surface area contributed by atoms with Crippen LogP contribution in [0.15, 0.2) is 23.2 Å². The minimum absolute atomic E-state index is 0. The van der Waals surface area contributed by atoms with Crippen LogP contribution in [0.25, 0.3) is 0 Å². The van der Waals surface area contributed by atoms with Crippen molar-refractivity contribution in [2.75, 3.05) is 41.9 Å². The van der Waals surface area contributed by atoms with Crippen molar-refractivity contribution in [3.63, 3.8) is 0 Å². The van der Waals surface area contributed by atoms with E-state index < -0.39 is 0 Å². The smallest absolute Gasteiger partial charge is 0.223 e. The normalized spacial score (nSPS) is 10.5. The number of nitrogens with one attached hydrogen (secondary N) is 2. The van der Waals surface area contributed by atoms with Gasteiger partial charge in [-0.1, -0.05) is 0 Å². The van der Waals surface area contributed by atoms with Crippen LogP contribution in [-0.2, 0) is 11.3 Å². The van der Waals surface area contributed by atoms with Gasteiger partial charge in [0.1, 0.15) is 11.5 Å². The van der Waals surface area contributed by atoms with Crippen LogP contribution in [-0.4, -0.2) is 58.7 Å². The Balaban J connectivity index is 0.00000529. The molecule has 0 saturated heterocycles. The van der Waals surface area contributed by atoms with Gasteiger partial charge in [0.2, 0.25) is 5.91 Å². The lowest BCUT2D eigenvalue weighted by Crippen LogP contribution is -2.38. The van der Waals surface area contributed by atoms with E-state index in [1.807, 2.05) is 18.2 Å². The number of hydrogen-bond donors (Lipinski definition) is 2. The van der Waals surface area contributed by atoms with Gasteiger partial charge in [-0.05, 0) is 12.1 Å². The number of halogens is 1. The molecule has 0 heterocycles. The van der Waals surface area contributed by atoms with E-state index in [9.17, 15) is 4.79 Å². The van der Waals surface area contributed by atoms with E-state index in [0.717, 1.165) is 17.1 Å². The Morgan fingerprint density at radius 1 is 1.21 bits per heavy atom. The predicted molar refractivity (Wildman–Crippen MR) is 106 cm³/mol. The molecule has 0 aliphatic heterocycles. The number of benzene rings is 1. The Hall–Kier alpha value is -1.71. The van der Waals surface area contributed by atoms with Crippen LogP contribution in [0.4, 0.5) is 0 Å². The Morgan fingerprint density at radius 2 is 1.92 bits per heavy atom. The summed E-state index contributed by atoms with van der Waals surface area (Å²) < 4.78 is 10.5. The lowest BCUT2D eigenvalue weighted by atomic mass is 10.2. The van der Waals surface area contributed by atoms with Gasteiger partial charge in [-0.25, -0.2) is 0 Å². The highest BCUT2D eigenvalue weighted by Crippen LogP contribution is 2.24. The van der Waals surface area contributed by atoms with Gasteiger partial charge in [0, 0.05) is 52.3 Å². The molecular formula is C16H27IN4O3. The first kappa shape index (κ1) is 22.3. The minimum atomic E-state index is 0. The standard InChI is InChI=1S/C16H26N4O3.HI/c1-17-16(18-9-8-15(21)20(2)3)19-11-12-6-7-13(22-4)10-14(12)23-5;/h6-7,10H,8-9,11H2,1-5H3,(H2,17,18,19);1H. The molecule has 0 atom stereocenters. The molecule has 136 valence electrons. The van der Waals surface area contributed by atoms with E-state index in [0.29, 0.717) is 25.5 Å². The Morgan fingerprint density at radius 3 is 2.46 bits per heavy atom. The summed E-state index contributed by atoms with van der Waals surface area (Å²) in [7, 11) is 8.41. The molecule has 0 aliphatic carbocycles. The van der Waals surface area contributed by atoms with E-state index >= 15 is 0 Å². The summed E-state index contributed by atoms with van der Waals surface area (Å²) >= 11 is 0. The van der Waals surface area contributed by atoms with Crippen LogP contribution in [0.5, 0.6) is 11.5 Å². The number of carbonyl (C=O) groups excluding carboxylic acids is 1. The van der Waals surface area contributed by atoms with Crippen molar-refractivity contribution >= 4 is 35.8 Å². The van der Waals surface area contributed by atoms with Crippen molar-refractivity contribution in [1.29, 1.82) is 0 Å². The summed E-state index contributed by atoms with van der Waals surface area (Å²) in [5.74, 6) is 2.20. The number of aliphatic imine (C=N–C) groups is 1. The molecule has 0 aromatic heterocycles. The number of methoxy groups -OCH3 is 2. The van der Waals surface area contributed by atoms with Gasteiger partial charge in [-0.3, -0.25) is 9.79 Å². The average molecular weight is 450 g/mol. The Kier molecular flexibility index (Phi) is 10.9. The number of amides is 1. The quantitative estimate of drug-likeness (QED) is 0.374. The molecule has 1 aromatic rings. The number of hydrogen-bond acceptors (Lipinski definition) is 4. The molecule has 1 rings (SSSR count). The molecule has 24 heavy (non-hydrogen) atoms. The summed E-state index contributed by atoms with van der Waals surface area (Å²) in [6.07, 6.45) is 0.416. The fourth-order valence-corrected chi connectivity index (χ4v) is 1.91. The maximum absolute atomic E-state index is 11.5. The molecule has 0 bridgehead atoms. The van der Waals surface area contributed by atoms with Gasteiger partial charge in [0.25, 0.3) is 0 Å². The first-order valence-electron chi connectivity index (χ1n) is 7.37. The lowest BCUT2D eigenvalue weighted by molar-refractivity contribution is -0.128. The average Bonchev–Trinajstić information content (AvgIpc) is 2.57. The van der Waals surface area contributed by atoms with E-state index in [2.05, 4.69) is 15.6 Å². The number of ether oxygens (including phenoxy) is 2. The van der Waals surface area contributed by atoms with Gasteiger partial charge in [0.05, 0.1) is 14.2 Å². The maximum atomic E-state index is 11.5. The van der Waals surface area contributed by atoms with Crippen molar-refractivity contribution in [3.8, 4) is 11.5 Å². The first-order chi connectivity index (χ1) is 11.0. The molecule has 0 radical (unpaired) electrons. The third-order valence-corrected chi connectivity index (χ3v) is 3.29. The molecule has 8 heteroatoms. The van der Waals surface area contributed by atoms with Crippen LogP contribution in [0, 0.1) is 0 Å². The highest BCUT2D eigenvalue weighted by molar-refractivity contribution is 14.0. The van der Waals surface area contributed by atoms with E-state index in [-0.39, 0.29) is 29.9 Å². The molecule has 0 unspecified atom stereocenters. The molecule has 0 saturated carbocycles. The predicted octanol–water partition coefficient (Wildman–Crippen LogP) is 1.47. The summed E-state index contributed by atoms with van der Waals surface area (Å²) in [6.45, 7) is 1.07.